The van der Waals surface area contributed by atoms with Gasteiger partial charge in [-0.3, -0.25) is 0 Å². The number of nitrogens with zero attached hydrogens (tertiary/aromatic N) is 1. The zero-order chi connectivity index (χ0) is 22.0. The fourth-order valence-corrected chi connectivity index (χ4v) is 3.96. The van der Waals surface area contributed by atoms with Crippen LogP contribution in [0.2, 0.25) is 0 Å². The van der Waals surface area contributed by atoms with E-state index in [1.807, 2.05) is 30.3 Å². The molecule has 1 heterocycles. The average Bonchev–Trinajstić information content (AvgIpc) is 3.16. The second kappa shape index (κ2) is 8.35. The van der Waals surface area contributed by atoms with Crippen molar-refractivity contribution in [2.45, 2.75) is 11.3 Å². The van der Waals surface area contributed by atoms with Crippen molar-refractivity contribution in [3.05, 3.63) is 90.1 Å². The maximum absolute atomic E-state index is 14.8. The van der Waals surface area contributed by atoms with E-state index >= 15 is 0 Å². The molecule has 0 amide bonds. The molecule has 0 fully saturated rings. The lowest BCUT2D eigenvalue weighted by Crippen LogP contribution is -1.96. The molecule has 0 saturated heterocycles. The molecular formula is C24H20FNO4S. The van der Waals surface area contributed by atoms with Crippen LogP contribution in [0, 0.1) is 5.82 Å². The van der Waals surface area contributed by atoms with Crippen molar-refractivity contribution in [3.8, 4) is 28.3 Å². The molecule has 5 nitrogen and oxygen atoms in total. The number of rotatable bonds is 6. The van der Waals surface area contributed by atoms with E-state index in [0.717, 1.165) is 11.8 Å². The summed E-state index contributed by atoms with van der Waals surface area (Å²) >= 11 is 0. The highest BCUT2D eigenvalue weighted by atomic mass is 32.2. The van der Waals surface area contributed by atoms with Crippen molar-refractivity contribution < 1.29 is 22.0 Å². The van der Waals surface area contributed by atoms with Crippen LogP contribution in [-0.4, -0.2) is 26.8 Å². The number of oxazole rings is 1. The minimum atomic E-state index is -3.34. The van der Waals surface area contributed by atoms with Crippen LogP contribution >= 0.6 is 0 Å². The summed E-state index contributed by atoms with van der Waals surface area (Å²) in [5.74, 6) is 0.453. The Kier molecular flexibility index (Phi) is 5.61. The van der Waals surface area contributed by atoms with Gasteiger partial charge in [0, 0.05) is 18.2 Å². The molecule has 0 atom stereocenters. The monoisotopic (exact) mass is 437 g/mol. The highest BCUT2D eigenvalue weighted by Gasteiger charge is 2.23. The lowest BCUT2D eigenvalue weighted by Gasteiger charge is -2.09. The van der Waals surface area contributed by atoms with Crippen LogP contribution in [-0.2, 0) is 16.3 Å². The van der Waals surface area contributed by atoms with Crippen LogP contribution in [0.15, 0.2) is 82.1 Å². The maximum Gasteiger partial charge on any atom is 0.199 e. The molecule has 4 aromatic rings. The Hall–Kier alpha value is -3.45. The second-order valence-corrected chi connectivity index (χ2v) is 9.08. The Morgan fingerprint density at radius 3 is 2.32 bits per heavy atom. The topological polar surface area (TPSA) is 69.4 Å². The third kappa shape index (κ3) is 4.36. The largest absolute Gasteiger partial charge is 0.496 e. The average molecular weight is 437 g/mol. The fraction of sp³-hybridized carbons (Fsp3) is 0.125. The maximum atomic E-state index is 14.8. The zero-order valence-electron chi connectivity index (χ0n) is 17.0. The minimum Gasteiger partial charge on any atom is -0.496 e. The Balaban J connectivity index is 1.87. The van der Waals surface area contributed by atoms with Crippen molar-refractivity contribution in [2.24, 2.45) is 0 Å². The van der Waals surface area contributed by atoms with E-state index in [0.29, 0.717) is 29.3 Å². The molecule has 3 aromatic carbocycles. The normalized spacial score (nSPS) is 11.5. The number of benzene rings is 3. The van der Waals surface area contributed by atoms with Gasteiger partial charge in [-0.05, 0) is 29.8 Å². The first kappa shape index (κ1) is 20.8. The summed E-state index contributed by atoms with van der Waals surface area (Å²) in [5, 5.41) is 0. The molecule has 1 aromatic heterocycles. The summed E-state index contributed by atoms with van der Waals surface area (Å²) in [6.07, 6.45) is 1.57. The minimum absolute atomic E-state index is 0.166. The third-order valence-corrected chi connectivity index (χ3v) is 5.98. The van der Waals surface area contributed by atoms with Crippen LogP contribution in [0.4, 0.5) is 4.39 Å². The molecule has 0 bridgehead atoms. The second-order valence-electron chi connectivity index (χ2n) is 7.06. The molecule has 0 aliphatic rings. The van der Waals surface area contributed by atoms with Crippen LogP contribution in [0.5, 0.6) is 5.75 Å². The quantitative estimate of drug-likeness (QED) is 0.417. The number of sulfone groups is 1. The van der Waals surface area contributed by atoms with E-state index < -0.39 is 15.7 Å². The van der Waals surface area contributed by atoms with Gasteiger partial charge in [-0.15, -0.1) is 0 Å². The summed E-state index contributed by atoms with van der Waals surface area (Å²) < 4.78 is 49.8. The molecule has 158 valence electrons. The van der Waals surface area contributed by atoms with Crippen LogP contribution in [0.3, 0.4) is 0 Å². The number of halogens is 1. The Bertz CT molecular complexity index is 1310. The molecule has 4 rings (SSSR count). The Labute approximate surface area is 180 Å². The van der Waals surface area contributed by atoms with E-state index in [1.54, 1.807) is 24.3 Å². The lowest BCUT2D eigenvalue weighted by molar-refractivity contribution is 0.410. The van der Waals surface area contributed by atoms with Crippen molar-refractivity contribution in [1.82, 2.24) is 4.98 Å². The Morgan fingerprint density at radius 2 is 1.68 bits per heavy atom. The van der Waals surface area contributed by atoms with E-state index in [2.05, 4.69) is 4.98 Å². The highest BCUT2D eigenvalue weighted by molar-refractivity contribution is 7.90. The van der Waals surface area contributed by atoms with Crippen molar-refractivity contribution >= 4 is 9.84 Å². The predicted octanol–water partition coefficient (Wildman–Crippen LogP) is 5.15. The van der Waals surface area contributed by atoms with Crippen LogP contribution in [0.25, 0.3) is 22.6 Å². The first-order valence-electron chi connectivity index (χ1n) is 9.54. The summed E-state index contributed by atoms with van der Waals surface area (Å²) in [4.78, 5) is 4.81. The van der Waals surface area contributed by atoms with Gasteiger partial charge in [0.05, 0.1) is 17.6 Å². The SMILES string of the molecule is COc1cccc(F)c1-c1oc(Cc2ccccc2)nc1-c1ccc(S(C)(=O)=O)cc1. The number of aromatic nitrogens is 1. The molecule has 0 N–H and O–H groups in total. The van der Waals surface area contributed by atoms with E-state index in [-0.39, 0.29) is 16.2 Å². The predicted molar refractivity (Wildman–Crippen MR) is 116 cm³/mol. The van der Waals surface area contributed by atoms with Gasteiger partial charge >= 0.3 is 0 Å². The van der Waals surface area contributed by atoms with Gasteiger partial charge in [0.15, 0.2) is 21.5 Å². The van der Waals surface area contributed by atoms with Crippen molar-refractivity contribution in [1.29, 1.82) is 0 Å². The van der Waals surface area contributed by atoms with Gasteiger partial charge in [-0.2, -0.15) is 0 Å². The number of hydrogen-bond donors (Lipinski definition) is 0. The number of hydrogen-bond acceptors (Lipinski definition) is 5. The molecule has 0 aliphatic heterocycles. The van der Waals surface area contributed by atoms with E-state index in [1.165, 1.54) is 25.3 Å². The first-order valence-corrected chi connectivity index (χ1v) is 11.4. The van der Waals surface area contributed by atoms with Gasteiger partial charge in [-0.25, -0.2) is 17.8 Å². The summed E-state index contributed by atoms with van der Waals surface area (Å²) in [5.41, 5.74) is 2.18. The molecular weight excluding hydrogens is 417 g/mol. The number of ether oxygens (including phenoxy) is 1. The number of methoxy groups -OCH3 is 1. The molecule has 31 heavy (non-hydrogen) atoms. The zero-order valence-corrected chi connectivity index (χ0v) is 17.8. The standard InChI is InChI=1S/C24H20FNO4S/c1-29-20-10-6-9-19(25)22(20)24-23(17-11-13-18(14-12-17)31(2,27)28)26-21(30-24)15-16-7-4-3-5-8-16/h3-14H,15H2,1-2H3. The molecule has 0 spiro atoms. The Morgan fingerprint density at radius 1 is 0.968 bits per heavy atom. The van der Waals surface area contributed by atoms with Gasteiger partial charge in [-0.1, -0.05) is 48.5 Å². The third-order valence-electron chi connectivity index (χ3n) is 4.85. The summed E-state index contributed by atoms with van der Waals surface area (Å²) in [6, 6.07) is 20.5. The molecule has 0 aliphatic carbocycles. The highest BCUT2D eigenvalue weighted by Crippen LogP contribution is 2.40. The van der Waals surface area contributed by atoms with Gasteiger partial charge in [0.2, 0.25) is 0 Å². The molecule has 0 radical (unpaired) electrons. The van der Waals surface area contributed by atoms with Crippen LogP contribution < -0.4 is 4.74 Å². The smallest absolute Gasteiger partial charge is 0.199 e. The van der Waals surface area contributed by atoms with E-state index in [9.17, 15) is 12.8 Å². The van der Waals surface area contributed by atoms with Gasteiger partial charge in [0.25, 0.3) is 0 Å². The molecule has 0 unspecified atom stereocenters. The summed E-state index contributed by atoms with van der Waals surface area (Å²) in [7, 11) is -1.88. The van der Waals surface area contributed by atoms with Crippen LogP contribution in [0.1, 0.15) is 11.5 Å². The van der Waals surface area contributed by atoms with Crippen molar-refractivity contribution in [3.63, 3.8) is 0 Å². The van der Waals surface area contributed by atoms with Gasteiger partial charge in [0.1, 0.15) is 17.3 Å². The fourth-order valence-electron chi connectivity index (χ4n) is 3.33. The molecule has 7 heteroatoms. The lowest BCUT2D eigenvalue weighted by atomic mass is 10.0. The van der Waals surface area contributed by atoms with Gasteiger partial charge < -0.3 is 9.15 Å². The van der Waals surface area contributed by atoms with Crippen molar-refractivity contribution in [2.75, 3.05) is 13.4 Å². The molecule has 0 saturated carbocycles. The summed E-state index contributed by atoms with van der Waals surface area (Å²) in [6.45, 7) is 0. The van der Waals surface area contributed by atoms with E-state index in [4.69, 9.17) is 9.15 Å². The first-order chi connectivity index (χ1) is 14.9.